The topological polar surface area (TPSA) is 84.0 Å². The van der Waals surface area contributed by atoms with Crippen LogP contribution in [-0.2, 0) is 26.0 Å². The number of methoxy groups -OCH3 is 1. The number of imide groups is 1. The number of nitrogens with zero attached hydrogens (tertiary/aromatic N) is 2. The summed E-state index contributed by atoms with van der Waals surface area (Å²) in [5.41, 5.74) is 1.79. The summed E-state index contributed by atoms with van der Waals surface area (Å²) in [6.07, 6.45) is 0.840. The summed E-state index contributed by atoms with van der Waals surface area (Å²) in [6.45, 7) is 1.86. The van der Waals surface area contributed by atoms with Gasteiger partial charge in [0.25, 0.3) is 10.0 Å². The van der Waals surface area contributed by atoms with Crippen LogP contribution in [0.2, 0.25) is 0 Å². The highest BCUT2D eigenvalue weighted by molar-refractivity contribution is 7.92. The molecule has 4 rings (SSSR count). The summed E-state index contributed by atoms with van der Waals surface area (Å²) in [4.78, 5) is 25.4. The van der Waals surface area contributed by atoms with Crippen molar-refractivity contribution >= 4 is 33.2 Å². The molecule has 1 atom stereocenters. The summed E-state index contributed by atoms with van der Waals surface area (Å²) in [5, 5.41) is 0. The van der Waals surface area contributed by atoms with Gasteiger partial charge in [-0.15, -0.1) is 0 Å². The summed E-state index contributed by atoms with van der Waals surface area (Å²) < 4.78 is 33.5. The number of hydrogen-bond acceptors (Lipinski definition) is 5. The SMILES string of the molecule is COc1ccc(S(=O)(=O)N2c3ccccc3CC2C)cc1N1C(=O)CCC1=O. The van der Waals surface area contributed by atoms with Crippen molar-refractivity contribution in [2.75, 3.05) is 16.3 Å². The van der Waals surface area contributed by atoms with Crippen LogP contribution in [0.4, 0.5) is 11.4 Å². The fourth-order valence-corrected chi connectivity index (χ4v) is 5.58. The summed E-state index contributed by atoms with van der Waals surface area (Å²) in [7, 11) is -2.47. The normalized spacial score (nSPS) is 19.3. The van der Waals surface area contributed by atoms with Crippen LogP contribution in [0.15, 0.2) is 47.4 Å². The molecule has 2 aliphatic heterocycles. The Morgan fingerprint density at radius 3 is 2.36 bits per heavy atom. The molecule has 1 fully saturated rings. The van der Waals surface area contributed by atoms with Gasteiger partial charge in [0, 0.05) is 18.9 Å². The van der Waals surface area contributed by atoms with Gasteiger partial charge < -0.3 is 4.74 Å². The van der Waals surface area contributed by atoms with Crippen molar-refractivity contribution in [2.24, 2.45) is 0 Å². The molecule has 0 aromatic heterocycles. The van der Waals surface area contributed by atoms with Crippen LogP contribution in [0.3, 0.4) is 0 Å². The zero-order chi connectivity index (χ0) is 20.1. The first-order chi connectivity index (χ1) is 13.3. The minimum absolute atomic E-state index is 0.0133. The second-order valence-corrected chi connectivity index (χ2v) is 8.75. The maximum Gasteiger partial charge on any atom is 0.264 e. The van der Waals surface area contributed by atoms with Gasteiger partial charge in [-0.1, -0.05) is 18.2 Å². The Kier molecular flexibility index (Phi) is 4.38. The van der Waals surface area contributed by atoms with Gasteiger partial charge >= 0.3 is 0 Å². The number of hydrogen-bond donors (Lipinski definition) is 0. The standard InChI is InChI=1S/C20H20N2O5S/c1-13-11-14-5-3-4-6-16(14)22(13)28(25,26)15-7-8-18(27-2)17(12-15)21-19(23)9-10-20(21)24/h3-8,12-13H,9-11H2,1-2H3. The van der Waals surface area contributed by atoms with Crippen molar-refractivity contribution in [1.29, 1.82) is 0 Å². The van der Waals surface area contributed by atoms with Crippen LogP contribution >= 0.6 is 0 Å². The quantitative estimate of drug-likeness (QED) is 0.737. The maximum absolute atomic E-state index is 13.4. The molecule has 2 heterocycles. The van der Waals surface area contributed by atoms with Gasteiger partial charge in [0.1, 0.15) is 5.75 Å². The van der Waals surface area contributed by atoms with Crippen LogP contribution in [0.25, 0.3) is 0 Å². The number of ether oxygens (including phenoxy) is 1. The summed E-state index contributed by atoms with van der Waals surface area (Å²) in [5.74, 6) is -0.451. The lowest BCUT2D eigenvalue weighted by Crippen LogP contribution is -2.36. The molecule has 2 aliphatic rings. The molecular formula is C20H20N2O5S. The van der Waals surface area contributed by atoms with Crippen LogP contribution < -0.4 is 13.9 Å². The number of amides is 2. The molecule has 0 radical (unpaired) electrons. The van der Waals surface area contributed by atoms with Gasteiger partial charge in [0.15, 0.2) is 0 Å². The predicted molar refractivity (Wildman–Crippen MR) is 104 cm³/mol. The van der Waals surface area contributed by atoms with Crippen molar-refractivity contribution in [3.63, 3.8) is 0 Å². The van der Waals surface area contributed by atoms with Gasteiger partial charge in [0.05, 0.1) is 23.4 Å². The molecule has 0 N–H and O–H groups in total. The number of benzene rings is 2. The third-order valence-corrected chi connectivity index (χ3v) is 7.07. The molecule has 1 saturated heterocycles. The highest BCUT2D eigenvalue weighted by Crippen LogP contribution is 2.39. The van der Waals surface area contributed by atoms with Gasteiger partial charge in [-0.05, 0) is 43.2 Å². The van der Waals surface area contributed by atoms with Crippen molar-refractivity contribution in [2.45, 2.75) is 37.1 Å². The van der Waals surface area contributed by atoms with Gasteiger partial charge in [0.2, 0.25) is 11.8 Å². The Balaban J connectivity index is 1.82. The molecule has 7 nitrogen and oxygen atoms in total. The van der Waals surface area contributed by atoms with Crippen molar-refractivity contribution in [3.05, 3.63) is 48.0 Å². The second-order valence-electron chi connectivity index (χ2n) is 6.94. The van der Waals surface area contributed by atoms with E-state index in [9.17, 15) is 18.0 Å². The van der Waals surface area contributed by atoms with Gasteiger partial charge in [-0.3, -0.25) is 13.9 Å². The third kappa shape index (κ3) is 2.75. The number of para-hydroxylation sites is 1. The van der Waals surface area contributed by atoms with E-state index >= 15 is 0 Å². The minimum Gasteiger partial charge on any atom is -0.495 e. The lowest BCUT2D eigenvalue weighted by molar-refractivity contribution is -0.121. The number of carbonyl (C=O) groups excluding carboxylic acids is 2. The van der Waals surface area contributed by atoms with E-state index in [1.807, 2.05) is 19.1 Å². The monoisotopic (exact) mass is 400 g/mol. The van der Waals surface area contributed by atoms with Crippen LogP contribution in [0, 0.1) is 0 Å². The maximum atomic E-state index is 13.4. The molecule has 8 heteroatoms. The number of fused-ring (bicyclic) bond motifs is 1. The summed E-state index contributed by atoms with van der Waals surface area (Å²) in [6, 6.07) is 11.4. The molecule has 146 valence electrons. The molecule has 28 heavy (non-hydrogen) atoms. The second kappa shape index (κ2) is 6.63. The Morgan fingerprint density at radius 1 is 1.00 bits per heavy atom. The zero-order valence-electron chi connectivity index (χ0n) is 15.6. The van der Waals surface area contributed by atoms with Crippen LogP contribution in [0.5, 0.6) is 5.75 Å². The van der Waals surface area contributed by atoms with Crippen molar-refractivity contribution in [1.82, 2.24) is 0 Å². The highest BCUT2D eigenvalue weighted by Gasteiger charge is 2.38. The van der Waals surface area contributed by atoms with E-state index in [2.05, 4.69) is 0 Å². The first-order valence-electron chi connectivity index (χ1n) is 9.00. The number of anilines is 2. The van der Waals surface area contributed by atoms with Crippen LogP contribution in [0.1, 0.15) is 25.3 Å². The molecule has 0 saturated carbocycles. The lowest BCUT2D eigenvalue weighted by atomic mass is 10.1. The number of rotatable bonds is 4. The average Bonchev–Trinajstić information content (AvgIpc) is 3.19. The van der Waals surface area contributed by atoms with E-state index in [1.54, 1.807) is 12.1 Å². The van der Waals surface area contributed by atoms with E-state index in [0.717, 1.165) is 10.5 Å². The summed E-state index contributed by atoms with van der Waals surface area (Å²) >= 11 is 0. The zero-order valence-corrected chi connectivity index (χ0v) is 16.4. The van der Waals surface area contributed by atoms with Gasteiger partial charge in [-0.25, -0.2) is 13.3 Å². The number of carbonyl (C=O) groups is 2. The molecular weight excluding hydrogens is 380 g/mol. The first-order valence-corrected chi connectivity index (χ1v) is 10.4. The molecule has 0 aliphatic carbocycles. The Labute approximate surface area is 163 Å². The van der Waals surface area contributed by atoms with Gasteiger partial charge in [-0.2, -0.15) is 0 Å². The molecule has 0 spiro atoms. The molecule has 2 aromatic rings. The average molecular weight is 400 g/mol. The lowest BCUT2D eigenvalue weighted by Gasteiger charge is -2.25. The largest absolute Gasteiger partial charge is 0.495 e. The highest BCUT2D eigenvalue weighted by atomic mass is 32.2. The Hall–Kier alpha value is -2.87. The smallest absolute Gasteiger partial charge is 0.264 e. The minimum atomic E-state index is -3.88. The Morgan fingerprint density at radius 2 is 1.68 bits per heavy atom. The number of sulfonamides is 1. The van der Waals surface area contributed by atoms with Crippen LogP contribution in [-0.4, -0.2) is 33.4 Å². The fourth-order valence-electron chi connectivity index (χ4n) is 3.87. The molecule has 2 amide bonds. The molecule has 1 unspecified atom stereocenters. The fraction of sp³-hybridized carbons (Fsp3) is 0.300. The van der Waals surface area contributed by atoms with E-state index in [1.165, 1.54) is 29.6 Å². The van der Waals surface area contributed by atoms with Crippen molar-refractivity contribution < 1.29 is 22.7 Å². The molecule has 0 bridgehead atoms. The first kappa shape index (κ1) is 18.5. The molecule has 2 aromatic carbocycles. The third-order valence-electron chi connectivity index (χ3n) is 5.14. The van der Waals surface area contributed by atoms with Crippen molar-refractivity contribution in [3.8, 4) is 5.75 Å². The van der Waals surface area contributed by atoms with E-state index in [-0.39, 0.29) is 47.0 Å². The van der Waals surface area contributed by atoms with E-state index in [0.29, 0.717) is 12.1 Å². The predicted octanol–water partition coefficient (Wildman–Crippen LogP) is 2.49. The van der Waals surface area contributed by atoms with E-state index in [4.69, 9.17) is 4.74 Å². The van der Waals surface area contributed by atoms with E-state index < -0.39 is 10.0 Å². The Bertz CT molecular complexity index is 1060.